The molecule has 0 saturated heterocycles. The summed E-state index contributed by atoms with van der Waals surface area (Å²) >= 11 is 0. The molecule has 1 amide bonds. The van der Waals surface area contributed by atoms with Crippen LogP contribution in [0, 0.1) is 0 Å². The molecule has 0 fully saturated rings. The van der Waals surface area contributed by atoms with Crippen LogP contribution in [0.4, 0.5) is 0 Å². The standard InChI is InChI=1S/C21H19N3O2/c1-2-26-19-11-7-6-10-17(19)21(25)24-13-16-12-22-20(23-18(16)14-24)15-8-4-3-5-9-15/h3-12H,2,13-14H2,1H3. The monoisotopic (exact) mass is 345 g/mol. The van der Waals surface area contributed by atoms with Gasteiger partial charge in [0.2, 0.25) is 0 Å². The maximum atomic E-state index is 13.0. The van der Waals surface area contributed by atoms with Crippen LogP contribution in [0.1, 0.15) is 28.5 Å². The van der Waals surface area contributed by atoms with E-state index in [0.29, 0.717) is 36.8 Å². The lowest BCUT2D eigenvalue weighted by Gasteiger charge is -2.17. The molecule has 5 nitrogen and oxygen atoms in total. The summed E-state index contributed by atoms with van der Waals surface area (Å²) in [4.78, 5) is 23.9. The minimum Gasteiger partial charge on any atom is -0.493 e. The lowest BCUT2D eigenvalue weighted by atomic mass is 10.1. The summed E-state index contributed by atoms with van der Waals surface area (Å²) in [5.74, 6) is 1.26. The quantitative estimate of drug-likeness (QED) is 0.723. The van der Waals surface area contributed by atoms with Gasteiger partial charge in [-0.25, -0.2) is 9.97 Å². The van der Waals surface area contributed by atoms with E-state index in [-0.39, 0.29) is 5.91 Å². The van der Waals surface area contributed by atoms with Crippen LogP contribution in [0.3, 0.4) is 0 Å². The number of carbonyl (C=O) groups is 1. The van der Waals surface area contributed by atoms with E-state index in [2.05, 4.69) is 9.97 Å². The van der Waals surface area contributed by atoms with Gasteiger partial charge in [-0.1, -0.05) is 42.5 Å². The van der Waals surface area contributed by atoms with Gasteiger partial charge in [0.05, 0.1) is 24.4 Å². The van der Waals surface area contributed by atoms with Gasteiger partial charge in [-0.05, 0) is 19.1 Å². The van der Waals surface area contributed by atoms with Crippen molar-refractivity contribution in [3.8, 4) is 17.1 Å². The van der Waals surface area contributed by atoms with Gasteiger partial charge in [-0.2, -0.15) is 0 Å². The Bertz CT molecular complexity index is 941. The number of para-hydroxylation sites is 1. The number of ether oxygens (including phenoxy) is 1. The highest BCUT2D eigenvalue weighted by Crippen LogP contribution is 2.27. The summed E-state index contributed by atoms with van der Waals surface area (Å²) in [5.41, 5.74) is 3.45. The molecule has 0 bridgehead atoms. The molecule has 1 aliphatic rings. The van der Waals surface area contributed by atoms with Crippen molar-refractivity contribution in [1.82, 2.24) is 14.9 Å². The van der Waals surface area contributed by atoms with Gasteiger partial charge in [-0.3, -0.25) is 4.79 Å². The third-order valence-electron chi connectivity index (χ3n) is 4.39. The van der Waals surface area contributed by atoms with Crippen LogP contribution in [0.25, 0.3) is 11.4 Å². The molecule has 2 heterocycles. The van der Waals surface area contributed by atoms with E-state index in [0.717, 1.165) is 16.8 Å². The number of benzene rings is 2. The summed E-state index contributed by atoms with van der Waals surface area (Å²) in [6.45, 7) is 3.44. The Morgan fingerprint density at radius 3 is 2.65 bits per heavy atom. The first kappa shape index (κ1) is 16.3. The molecule has 3 aromatic rings. The van der Waals surface area contributed by atoms with E-state index in [1.165, 1.54) is 0 Å². The van der Waals surface area contributed by atoms with Crippen LogP contribution in [0.15, 0.2) is 60.8 Å². The van der Waals surface area contributed by atoms with Gasteiger partial charge in [0.25, 0.3) is 5.91 Å². The Morgan fingerprint density at radius 1 is 1.08 bits per heavy atom. The highest BCUT2D eigenvalue weighted by atomic mass is 16.5. The average molecular weight is 345 g/mol. The maximum Gasteiger partial charge on any atom is 0.258 e. The molecule has 0 aliphatic carbocycles. The zero-order valence-corrected chi connectivity index (χ0v) is 14.6. The normalized spacial score (nSPS) is 12.7. The zero-order valence-electron chi connectivity index (χ0n) is 14.6. The molecule has 2 aromatic carbocycles. The lowest BCUT2D eigenvalue weighted by molar-refractivity contribution is 0.0746. The van der Waals surface area contributed by atoms with Gasteiger partial charge < -0.3 is 9.64 Å². The summed E-state index contributed by atoms with van der Waals surface area (Å²) in [7, 11) is 0. The van der Waals surface area contributed by atoms with E-state index in [1.54, 1.807) is 11.0 Å². The number of carbonyl (C=O) groups excluding carboxylic acids is 1. The fraction of sp³-hybridized carbons (Fsp3) is 0.190. The molecule has 1 aliphatic heterocycles. The lowest BCUT2D eigenvalue weighted by Crippen LogP contribution is -2.26. The van der Waals surface area contributed by atoms with Crippen molar-refractivity contribution in [2.45, 2.75) is 20.0 Å². The number of hydrogen-bond acceptors (Lipinski definition) is 4. The van der Waals surface area contributed by atoms with Crippen LogP contribution in [0.5, 0.6) is 5.75 Å². The second-order valence-corrected chi connectivity index (χ2v) is 6.12. The van der Waals surface area contributed by atoms with E-state index in [1.807, 2.05) is 61.7 Å². The molecule has 130 valence electrons. The highest BCUT2D eigenvalue weighted by Gasteiger charge is 2.27. The first-order valence-electron chi connectivity index (χ1n) is 8.67. The summed E-state index contributed by atoms with van der Waals surface area (Å²) in [6, 6.07) is 17.2. The van der Waals surface area contributed by atoms with Gasteiger partial charge in [-0.15, -0.1) is 0 Å². The Morgan fingerprint density at radius 2 is 1.85 bits per heavy atom. The molecule has 0 unspecified atom stereocenters. The number of fused-ring (bicyclic) bond motifs is 1. The largest absolute Gasteiger partial charge is 0.493 e. The summed E-state index contributed by atoms with van der Waals surface area (Å²) in [5, 5.41) is 0. The van der Waals surface area contributed by atoms with Crippen molar-refractivity contribution in [1.29, 1.82) is 0 Å². The predicted molar refractivity (Wildman–Crippen MR) is 98.7 cm³/mol. The van der Waals surface area contributed by atoms with Crippen LogP contribution < -0.4 is 4.74 Å². The number of hydrogen-bond donors (Lipinski definition) is 0. The maximum absolute atomic E-state index is 13.0. The van der Waals surface area contributed by atoms with Crippen LogP contribution in [0.2, 0.25) is 0 Å². The third-order valence-corrected chi connectivity index (χ3v) is 4.39. The van der Waals surface area contributed by atoms with Crippen molar-refractivity contribution >= 4 is 5.91 Å². The zero-order chi connectivity index (χ0) is 17.9. The summed E-state index contributed by atoms with van der Waals surface area (Å²) < 4.78 is 5.60. The van der Waals surface area contributed by atoms with Crippen molar-refractivity contribution in [2.75, 3.05) is 6.61 Å². The van der Waals surface area contributed by atoms with Crippen molar-refractivity contribution in [3.05, 3.63) is 77.6 Å². The molecule has 0 saturated carbocycles. The van der Waals surface area contributed by atoms with Crippen molar-refractivity contribution < 1.29 is 9.53 Å². The molecule has 0 radical (unpaired) electrons. The number of nitrogens with zero attached hydrogens (tertiary/aromatic N) is 3. The Labute approximate surface area is 152 Å². The molecule has 0 spiro atoms. The predicted octanol–water partition coefficient (Wildman–Crippen LogP) is 3.70. The van der Waals surface area contributed by atoms with Crippen LogP contribution in [-0.4, -0.2) is 27.4 Å². The second kappa shape index (κ2) is 6.96. The highest BCUT2D eigenvalue weighted by molar-refractivity contribution is 5.97. The number of aromatic nitrogens is 2. The van der Waals surface area contributed by atoms with Gasteiger partial charge >= 0.3 is 0 Å². The van der Waals surface area contributed by atoms with E-state index in [4.69, 9.17) is 4.74 Å². The first-order valence-corrected chi connectivity index (χ1v) is 8.67. The van der Waals surface area contributed by atoms with Crippen molar-refractivity contribution in [3.63, 3.8) is 0 Å². The molecule has 1 aromatic heterocycles. The fourth-order valence-corrected chi connectivity index (χ4v) is 3.12. The minimum atomic E-state index is -0.0479. The Kier molecular flexibility index (Phi) is 4.35. The number of rotatable bonds is 4. The third kappa shape index (κ3) is 3.04. The molecule has 0 N–H and O–H groups in total. The topological polar surface area (TPSA) is 55.3 Å². The van der Waals surface area contributed by atoms with E-state index in [9.17, 15) is 4.79 Å². The Hall–Kier alpha value is -3.21. The van der Waals surface area contributed by atoms with E-state index >= 15 is 0 Å². The van der Waals surface area contributed by atoms with Gasteiger partial charge in [0, 0.05) is 23.9 Å². The van der Waals surface area contributed by atoms with Crippen LogP contribution in [-0.2, 0) is 13.1 Å². The fourth-order valence-electron chi connectivity index (χ4n) is 3.12. The molecular weight excluding hydrogens is 326 g/mol. The molecule has 5 heteroatoms. The molecular formula is C21H19N3O2. The van der Waals surface area contributed by atoms with Crippen molar-refractivity contribution in [2.24, 2.45) is 0 Å². The Balaban J connectivity index is 1.58. The first-order chi connectivity index (χ1) is 12.8. The van der Waals surface area contributed by atoms with Crippen LogP contribution >= 0.6 is 0 Å². The average Bonchev–Trinajstić information content (AvgIpc) is 3.12. The minimum absolute atomic E-state index is 0.0479. The molecule has 4 rings (SSSR count). The number of amides is 1. The second-order valence-electron chi connectivity index (χ2n) is 6.12. The molecule has 0 atom stereocenters. The summed E-state index contributed by atoms with van der Waals surface area (Å²) in [6.07, 6.45) is 1.83. The van der Waals surface area contributed by atoms with E-state index < -0.39 is 0 Å². The van der Waals surface area contributed by atoms with Gasteiger partial charge in [0.1, 0.15) is 5.75 Å². The molecule has 26 heavy (non-hydrogen) atoms. The SMILES string of the molecule is CCOc1ccccc1C(=O)N1Cc2cnc(-c3ccccc3)nc2C1. The van der Waals surface area contributed by atoms with Gasteiger partial charge in [0.15, 0.2) is 5.82 Å². The smallest absolute Gasteiger partial charge is 0.258 e.